The molecular weight excluding hydrogens is 326 g/mol. The Hall–Kier alpha value is -2.04. The summed E-state index contributed by atoms with van der Waals surface area (Å²) in [7, 11) is 0. The van der Waals surface area contributed by atoms with Crippen LogP contribution in [0.1, 0.15) is 56.1 Å². The van der Waals surface area contributed by atoms with Crippen molar-refractivity contribution in [2.75, 3.05) is 13.1 Å². The van der Waals surface area contributed by atoms with Gasteiger partial charge in [-0.1, -0.05) is 49.1 Å². The van der Waals surface area contributed by atoms with Crippen molar-refractivity contribution in [1.29, 1.82) is 0 Å². The number of carbonyl (C=O) groups excluding carboxylic acids is 2. The lowest BCUT2D eigenvalue weighted by atomic mass is 9.96. The van der Waals surface area contributed by atoms with E-state index in [1.807, 2.05) is 36.1 Å². The van der Waals surface area contributed by atoms with Gasteiger partial charge in [-0.15, -0.1) is 0 Å². The fourth-order valence-electron chi connectivity index (χ4n) is 3.92. The second-order valence-electron chi connectivity index (χ2n) is 7.77. The van der Waals surface area contributed by atoms with Gasteiger partial charge in [-0.3, -0.25) is 4.79 Å². The van der Waals surface area contributed by atoms with Crippen LogP contribution in [0.15, 0.2) is 24.3 Å². The first kappa shape index (κ1) is 18.7. The monoisotopic (exact) mass is 357 g/mol. The van der Waals surface area contributed by atoms with Crippen molar-refractivity contribution < 1.29 is 9.59 Å². The van der Waals surface area contributed by atoms with Gasteiger partial charge in [0.2, 0.25) is 5.91 Å². The zero-order chi connectivity index (χ0) is 18.4. The summed E-state index contributed by atoms with van der Waals surface area (Å²) in [5.74, 6) is 0.180. The van der Waals surface area contributed by atoms with E-state index in [0.717, 1.165) is 44.3 Å². The number of urea groups is 1. The first-order valence-corrected chi connectivity index (χ1v) is 10.0. The van der Waals surface area contributed by atoms with Crippen LogP contribution in [-0.2, 0) is 11.2 Å². The Bertz CT molecular complexity index is 600. The molecule has 1 aliphatic carbocycles. The number of rotatable bonds is 4. The summed E-state index contributed by atoms with van der Waals surface area (Å²) in [4.78, 5) is 26.6. The molecule has 1 aromatic rings. The Morgan fingerprint density at radius 3 is 2.12 bits per heavy atom. The van der Waals surface area contributed by atoms with Gasteiger partial charge in [0.25, 0.3) is 0 Å². The summed E-state index contributed by atoms with van der Waals surface area (Å²) in [6.07, 6.45) is 8.03. The predicted octanol–water partition coefficient (Wildman–Crippen LogP) is 3.16. The highest BCUT2D eigenvalue weighted by atomic mass is 16.2. The highest BCUT2D eigenvalue weighted by molar-refractivity contribution is 5.79. The second kappa shape index (κ2) is 9.06. The third kappa shape index (κ3) is 5.48. The van der Waals surface area contributed by atoms with Gasteiger partial charge in [0.15, 0.2) is 0 Å². The number of aryl methyl sites for hydroxylation is 1. The van der Waals surface area contributed by atoms with Crippen LogP contribution in [0.25, 0.3) is 0 Å². The van der Waals surface area contributed by atoms with Crippen molar-refractivity contribution in [1.82, 2.24) is 15.5 Å². The first-order valence-electron chi connectivity index (χ1n) is 10.0. The molecule has 2 aliphatic rings. The van der Waals surface area contributed by atoms with Crippen molar-refractivity contribution in [3.05, 3.63) is 35.4 Å². The van der Waals surface area contributed by atoms with Crippen LogP contribution >= 0.6 is 0 Å². The van der Waals surface area contributed by atoms with Crippen molar-refractivity contribution >= 4 is 11.9 Å². The van der Waals surface area contributed by atoms with E-state index in [2.05, 4.69) is 10.6 Å². The van der Waals surface area contributed by atoms with E-state index >= 15 is 0 Å². The van der Waals surface area contributed by atoms with Crippen LogP contribution in [0.2, 0.25) is 0 Å². The molecule has 5 nitrogen and oxygen atoms in total. The minimum Gasteiger partial charge on any atom is -0.342 e. The fraction of sp³-hybridized carbons (Fsp3) is 0.619. The van der Waals surface area contributed by atoms with Crippen molar-refractivity contribution in [2.45, 2.75) is 70.4 Å². The molecule has 5 heteroatoms. The number of likely N-dealkylation sites (tertiary alicyclic amines) is 1. The van der Waals surface area contributed by atoms with Crippen LogP contribution in [0, 0.1) is 6.92 Å². The quantitative estimate of drug-likeness (QED) is 0.869. The molecule has 26 heavy (non-hydrogen) atoms. The Morgan fingerprint density at radius 1 is 0.923 bits per heavy atom. The minimum absolute atomic E-state index is 0.0404. The number of nitrogens with one attached hydrogen (secondary N) is 2. The molecule has 1 aliphatic heterocycles. The van der Waals surface area contributed by atoms with Gasteiger partial charge in [0, 0.05) is 25.2 Å². The van der Waals surface area contributed by atoms with E-state index in [0.29, 0.717) is 12.5 Å². The maximum Gasteiger partial charge on any atom is 0.315 e. The average molecular weight is 357 g/mol. The van der Waals surface area contributed by atoms with Gasteiger partial charge in [0.1, 0.15) is 0 Å². The molecule has 0 spiro atoms. The summed E-state index contributed by atoms with van der Waals surface area (Å²) in [6.45, 7) is 3.49. The molecule has 1 saturated carbocycles. The van der Waals surface area contributed by atoms with Gasteiger partial charge in [-0.2, -0.15) is 0 Å². The Kier molecular flexibility index (Phi) is 6.53. The maximum absolute atomic E-state index is 12.5. The average Bonchev–Trinajstić information content (AvgIpc) is 2.65. The lowest BCUT2D eigenvalue weighted by Crippen LogP contribution is -2.51. The first-order chi connectivity index (χ1) is 12.6. The highest BCUT2D eigenvalue weighted by Gasteiger charge is 2.24. The van der Waals surface area contributed by atoms with Gasteiger partial charge in [0.05, 0.1) is 6.42 Å². The number of benzene rings is 1. The van der Waals surface area contributed by atoms with E-state index in [-0.39, 0.29) is 18.0 Å². The topological polar surface area (TPSA) is 61.4 Å². The smallest absolute Gasteiger partial charge is 0.315 e. The number of piperidine rings is 1. The van der Waals surface area contributed by atoms with E-state index < -0.39 is 0 Å². The summed E-state index contributed by atoms with van der Waals surface area (Å²) in [5.41, 5.74) is 2.27. The Balaban J connectivity index is 1.38. The lowest BCUT2D eigenvalue weighted by Gasteiger charge is -2.33. The molecule has 1 heterocycles. The predicted molar refractivity (Wildman–Crippen MR) is 103 cm³/mol. The number of nitrogens with zero attached hydrogens (tertiary/aromatic N) is 1. The normalized spacial score (nSPS) is 19.2. The summed E-state index contributed by atoms with van der Waals surface area (Å²) in [6, 6.07) is 8.60. The summed E-state index contributed by atoms with van der Waals surface area (Å²) < 4.78 is 0. The number of carbonyl (C=O) groups is 2. The summed E-state index contributed by atoms with van der Waals surface area (Å²) in [5, 5.41) is 6.20. The van der Waals surface area contributed by atoms with Gasteiger partial charge < -0.3 is 15.5 Å². The van der Waals surface area contributed by atoms with Gasteiger partial charge >= 0.3 is 6.03 Å². The van der Waals surface area contributed by atoms with Gasteiger partial charge in [-0.25, -0.2) is 4.79 Å². The fourth-order valence-corrected chi connectivity index (χ4v) is 3.92. The standard InChI is InChI=1S/C21H31N3O2/c1-16-7-9-17(10-8-16)15-20(25)24-13-11-19(12-14-24)23-21(26)22-18-5-3-2-4-6-18/h7-10,18-19H,2-6,11-15H2,1H3,(H2,22,23,26). The molecule has 1 aromatic carbocycles. The van der Waals surface area contributed by atoms with Crippen molar-refractivity contribution in [3.63, 3.8) is 0 Å². The zero-order valence-corrected chi connectivity index (χ0v) is 15.8. The van der Waals surface area contributed by atoms with Crippen LogP contribution < -0.4 is 10.6 Å². The summed E-state index contributed by atoms with van der Waals surface area (Å²) >= 11 is 0. The van der Waals surface area contributed by atoms with Crippen LogP contribution in [0.3, 0.4) is 0 Å². The van der Waals surface area contributed by atoms with Gasteiger partial charge in [-0.05, 0) is 38.2 Å². The van der Waals surface area contributed by atoms with Crippen molar-refractivity contribution in [3.8, 4) is 0 Å². The minimum atomic E-state index is -0.0404. The molecule has 2 fully saturated rings. The second-order valence-corrected chi connectivity index (χ2v) is 7.77. The van der Waals surface area contributed by atoms with Crippen LogP contribution in [0.4, 0.5) is 4.79 Å². The molecule has 3 amide bonds. The molecule has 0 unspecified atom stereocenters. The molecule has 142 valence electrons. The molecule has 0 atom stereocenters. The van der Waals surface area contributed by atoms with Crippen molar-refractivity contribution in [2.24, 2.45) is 0 Å². The third-order valence-electron chi connectivity index (χ3n) is 5.60. The third-order valence-corrected chi connectivity index (χ3v) is 5.60. The van der Waals surface area contributed by atoms with E-state index in [1.165, 1.54) is 24.8 Å². The molecule has 0 radical (unpaired) electrons. The number of hydrogen-bond acceptors (Lipinski definition) is 2. The largest absolute Gasteiger partial charge is 0.342 e. The lowest BCUT2D eigenvalue weighted by molar-refractivity contribution is -0.131. The SMILES string of the molecule is Cc1ccc(CC(=O)N2CCC(NC(=O)NC3CCCCC3)CC2)cc1. The van der Waals surface area contributed by atoms with Crippen LogP contribution in [0.5, 0.6) is 0 Å². The highest BCUT2D eigenvalue weighted by Crippen LogP contribution is 2.17. The zero-order valence-electron chi connectivity index (χ0n) is 15.8. The molecule has 2 N–H and O–H groups in total. The Labute approximate surface area is 156 Å². The molecular formula is C21H31N3O2. The van der Waals surface area contributed by atoms with E-state index in [1.54, 1.807) is 0 Å². The van der Waals surface area contributed by atoms with E-state index in [9.17, 15) is 9.59 Å². The molecule has 0 aromatic heterocycles. The molecule has 1 saturated heterocycles. The maximum atomic E-state index is 12.5. The van der Waals surface area contributed by atoms with Crippen LogP contribution in [-0.4, -0.2) is 42.0 Å². The van der Waals surface area contributed by atoms with E-state index in [4.69, 9.17) is 0 Å². The molecule has 0 bridgehead atoms. The molecule has 3 rings (SSSR count). The Morgan fingerprint density at radius 2 is 1.50 bits per heavy atom. The number of amides is 3. The number of hydrogen-bond donors (Lipinski definition) is 2.